The number of aromatic nitrogens is 2. The minimum Gasteiger partial charge on any atom is -0.273 e. The van der Waals surface area contributed by atoms with E-state index in [0.717, 1.165) is 4.31 Å². The van der Waals surface area contributed by atoms with Gasteiger partial charge in [0.1, 0.15) is 0 Å². The quantitative estimate of drug-likeness (QED) is 0.834. The molecule has 0 aliphatic carbocycles. The van der Waals surface area contributed by atoms with Crippen LogP contribution in [0.1, 0.15) is 11.3 Å². The highest BCUT2D eigenvalue weighted by atomic mass is 32.2. The van der Waals surface area contributed by atoms with Crippen molar-refractivity contribution in [1.29, 1.82) is 0 Å². The van der Waals surface area contributed by atoms with E-state index in [1.165, 1.54) is 0 Å². The fraction of sp³-hybridized carbons (Fsp3) is 0.167. The molecule has 1 N–H and O–H groups in total. The summed E-state index contributed by atoms with van der Waals surface area (Å²) in [5.41, 5.74) is 1.25. The topological polar surface area (TPSA) is 83.4 Å². The first-order chi connectivity index (χ1) is 9.05. The van der Waals surface area contributed by atoms with Crippen molar-refractivity contribution in [2.24, 2.45) is 0 Å². The molecular weight excluding hydrogens is 266 g/mol. The number of pyridine rings is 2. The van der Waals surface area contributed by atoms with Crippen molar-refractivity contribution >= 4 is 10.3 Å². The number of hydrogen-bond acceptors (Lipinski definition) is 4. The lowest BCUT2D eigenvalue weighted by Crippen LogP contribution is -2.29. The van der Waals surface area contributed by atoms with Gasteiger partial charge in [-0.2, -0.15) is 12.7 Å². The normalized spacial score (nSPS) is 11.7. The third-order valence-corrected chi connectivity index (χ3v) is 3.38. The molecule has 6 nitrogen and oxygen atoms in total. The minimum atomic E-state index is -4.30. The maximum absolute atomic E-state index is 11.4. The average Bonchev–Trinajstić information content (AvgIpc) is 2.39. The zero-order valence-corrected chi connectivity index (χ0v) is 10.9. The summed E-state index contributed by atoms with van der Waals surface area (Å²) in [5.74, 6) is 0. The van der Waals surface area contributed by atoms with Crippen molar-refractivity contribution in [3.05, 3.63) is 60.2 Å². The molecule has 2 aromatic rings. The van der Waals surface area contributed by atoms with Crippen molar-refractivity contribution in [2.75, 3.05) is 0 Å². The standard InChI is InChI=1S/C12H13N3O3S/c16-19(17,18)15(9-11-4-3-6-13-8-11)10-12-5-1-2-7-14-12/h1-8H,9-10H2,(H,16,17,18). The molecule has 0 aromatic carbocycles. The van der Waals surface area contributed by atoms with Crippen LogP contribution in [0.4, 0.5) is 0 Å². The van der Waals surface area contributed by atoms with Gasteiger partial charge in [-0.05, 0) is 23.8 Å². The van der Waals surface area contributed by atoms with Gasteiger partial charge >= 0.3 is 10.3 Å². The highest BCUT2D eigenvalue weighted by Gasteiger charge is 2.20. The van der Waals surface area contributed by atoms with E-state index < -0.39 is 10.3 Å². The van der Waals surface area contributed by atoms with Gasteiger partial charge in [-0.25, -0.2) is 0 Å². The fourth-order valence-electron chi connectivity index (χ4n) is 1.59. The van der Waals surface area contributed by atoms with Gasteiger partial charge in [0.15, 0.2) is 0 Å². The molecule has 100 valence electrons. The van der Waals surface area contributed by atoms with Crippen LogP contribution in [0.15, 0.2) is 48.9 Å². The predicted molar refractivity (Wildman–Crippen MR) is 69.3 cm³/mol. The third-order valence-electron chi connectivity index (χ3n) is 2.47. The van der Waals surface area contributed by atoms with E-state index in [2.05, 4.69) is 9.97 Å². The SMILES string of the molecule is O=S(=O)(O)N(Cc1cccnc1)Cc1ccccn1. The predicted octanol–water partition coefficient (Wildman–Crippen LogP) is 1.28. The lowest BCUT2D eigenvalue weighted by atomic mass is 10.3. The molecule has 0 fully saturated rings. The Morgan fingerprint density at radius 2 is 1.95 bits per heavy atom. The van der Waals surface area contributed by atoms with Crippen LogP contribution in [0.2, 0.25) is 0 Å². The second-order valence-corrected chi connectivity index (χ2v) is 5.34. The molecule has 0 bridgehead atoms. The largest absolute Gasteiger partial charge is 0.336 e. The van der Waals surface area contributed by atoms with Gasteiger partial charge < -0.3 is 0 Å². The second-order valence-electron chi connectivity index (χ2n) is 3.93. The van der Waals surface area contributed by atoms with Crippen molar-refractivity contribution in [3.63, 3.8) is 0 Å². The highest BCUT2D eigenvalue weighted by Crippen LogP contribution is 2.11. The molecule has 0 saturated carbocycles. The first kappa shape index (κ1) is 13.6. The summed E-state index contributed by atoms with van der Waals surface area (Å²) in [6.07, 6.45) is 4.72. The van der Waals surface area contributed by atoms with Crippen molar-refractivity contribution < 1.29 is 13.0 Å². The maximum atomic E-state index is 11.4. The summed E-state index contributed by atoms with van der Waals surface area (Å²) < 4.78 is 32.9. The molecular formula is C12H13N3O3S. The van der Waals surface area contributed by atoms with Crippen LogP contribution in [0.25, 0.3) is 0 Å². The molecule has 0 aliphatic rings. The summed E-state index contributed by atoms with van der Waals surface area (Å²) in [4.78, 5) is 7.95. The zero-order valence-electron chi connectivity index (χ0n) is 10.0. The Balaban J connectivity index is 2.18. The molecule has 0 spiro atoms. The number of nitrogens with zero attached hydrogens (tertiary/aromatic N) is 3. The Morgan fingerprint density at radius 1 is 1.11 bits per heavy atom. The Morgan fingerprint density at radius 3 is 2.53 bits per heavy atom. The molecule has 2 heterocycles. The monoisotopic (exact) mass is 279 g/mol. The van der Waals surface area contributed by atoms with Gasteiger partial charge in [0.05, 0.1) is 12.2 Å². The Labute approximate surface area is 111 Å². The molecule has 2 rings (SSSR count). The maximum Gasteiger partial charge on any atom is 0.336 e. The summed E-state index contributed by atoms with van der Waals surface area (Å²) in [6, 6.07) is 8.64. The van der Waals surface area contributed by atoms with Gasteiger partial charge in [-0.15, -0.1) is 0 Å². The van der Waals surface area contributed by atoms with Crippen LogP contribution >= 0.6 is 0 Å². The fourth-order valence-corrected chi connectivity index (χ4v) is 2.19. The smallest absolute Gasteiger partial charge is 0.273 e. The summed E-state index contributed by atoms with van der Waals surface area (Å²) in [7, 11) is -4.30. The molecule has 0 radical (unpaired) electrons. The van der Waals surface area contributed by atoms with Crippen LogP contribution < -0.4 is 0 Å². The lowest BCUT2D eigenvalue weighted by Gasteiger charge is -2.17. The van der Waals surface area contributed by atoms with Crippen molar-refractivity contribution in [2.45, 2.75) is 13.1 Å². The van der Waals surface area contributed by atoms with E-state index in [4.69, 9.17) is 0 Å². The van der Waals surface area contributed by atoms with Crippen molar-refractivity contribution in [1.82, 2.24) is 14.3 Å². The van der Waals surface area contributed by atoms with Gasteiger partial charge in [0.2, 0.25) is 0 Å². The van der Waals surface area contributed by atoms with Crippen LogP contribution in [0, 0.1) is 0 Å². The summed E-state index contributed by atoms with van der Waals surface area (Å²) in [6.45, 7) is 0.0534. The molecule has 2 aromatic heterocycles. The van der Waals surface area contributed by atoms with E-state index in [1.807, 2.05) is 0 Å². The molecule has 0 saturated heterocycles. The number of rotatable bonds is 5. The Kier molecular flexibility index (Phi) is 4.20. The molecule has 0 aliphatic heterocycles. The molecule has 19 heavy (non-hydrogen) atoms. The average molecular weight is 279 g/mol. The van der Waals surface area contributed by atoms with Gasteiger partial charge in [0.25, 0.3) is 0 Å². The van der Waals surface area contributed by atoms with Gasteiger partial charge in [-0.1, -0.05) is 12.1 Å². The summed E-state index contributed by atoms with van der Waals surface area (Å²) >= 11 is 0. The molecule has 7 heteroatoms. The Bertz CT molecular complexity index is 576. The van der Waals surface area contributed by atoms with Crippen LogP contribution in [-0.4, -0.2) is 27.2 Å². The van der Waals surface area contributed by atoms with Gasteiger partial charge in [0, 0.05) is 25.1 Å². The molecule has 0 atom stereocenters. The number of hydrogen-bond donors (Lipinski definition) is 1. The van der Waals surface area contributed by atoms with Crippen molar-refractivity contribution in [3.8, 4) is 0 Å². The van der Waals surface area contributed by atoms with E-state index in [-0.39, 0.29) is 13.1 Å². The van der Waals surface area contributed by atoms with Crippen LogP contribution in [0.3, 0.4) is 0 Å². The lowest BCUT2D eigenvalue weighted by molar-refractivity contribution is 0.338. The minimum absolute atomic E-state index is 0.00850. The van der Waals surface area contributed by atoms with E-state index >= 15 is 0 Å². The highest BCUT2D eigenvalue weighted by molar-refractivity contribution is 7.83. The molecule has 0 amide bonds. The Hall–Kier alpha value is -1.83. The van der Waals surface area contributed by atoms with Gasteiger partial charge in [-0.3, -0.25) is 14.5 Å². The first-order valence-electron chi connectivity index (χ1n) is 5.57. The van der Waals surface area contributed by atoms with Crippen LogP contribution in [0.5, 0.6) is 0 Å². The molecule has 0 unspecified atom stereocenters. The van der Waals surface area contributed by atoms with E-state index in [1.54, 1.807) is 48.9 Å². The van der Waals surface area contributed by atoms with E-state index in [0.29, 0.717) is 11.3 Å². The van der Waals surface area contributed by atoms with E-state index in [9.17, 15) is 13.0 Å². The second kappa shape index (κ2) is 5.87. The first-order valence-corrected chi connectivity index (χ1v) is 6.97. The zero-order chi connectivity index (χ0) is 13.7. The summed E-state index contributed by atoms with van der Waals surface area (Å²) in [5, 5.41) is 0. The van der Waals surface area contributed by atoms with Crippen LogP contribution in [-0.2, 0) is 23.4 Å². The third kappa shape index (κ3) is 4.09.